The fourth-order valence-corrected chi connectivity index (χ4v) is 1.80. The molecule has 0 unspecified atom stereocenters. The number of rotatable bonds is 2. The molecule has 8 radical (unpaired) electrons. The van der Waals surface area contributed by atoms with E-state index in [1.54, 1.807) is 0 Å². The smallest absolute Gasteiger partial charge is 0.0312 e. The summed E-state index contributed by atoms with van der Waals surface area (Å²) < 4.78 is 15.0. The Kier molecular flexibility index (Phi) is 25.0. The van der Waals surface area contributed by atoms with Crippen molar-refractivity contribution in [1.82, 2.24) is 0 Å². The first-order valence-electron chi connectivity index (χ1n) is 6.47. The molecule has 112 valence electrons. The van der Waals surface area contributed by atoms with Crippen molar-refractivity contribution in [3.05, 3.63) is 64.7 Å². The van der Waals surface area contributed by atoms with Crippen LogP contribution in [0.2, 0.25) is 0 Å². The molecule has 1 N–H and O–H groups in total. The van der Waals surface area contributed by atoms with E-state index in [1.165, 1.54) is 0 Å². The number of aliphatic hydroxyl groups excluding tert-OH is 1. The van der Waals surface area contributed by atoms with Gasteiger partial charge in [-0.3, -0.25) is 0 Å². The van der Waals surface area contributed by atoms with Gasteiger partial charge in [-0.15, -0.1) is 0 Å². The summed E-state index contributed by atoms with van der Waals surface area (Å²) in [6.07, 6.45) is 18.4. The van der Waals surface area contributed by atoms with Crippen LogP contribution in [-0.2, 0) is 30.4 Å². The van der Waals surface area contributed by atoms with Crippen LogP contribution in [0.5, 0.6) is 0 Å². The molecule has 2 saturated carbocycles. The first-order chi connectivity index (χ1) is 9.72. The Bertz CT molecular complexity index is 215. The molecule has 0 saturated heterocycles. The van der Waals surface area contributed by atoms with Gasteiger partial charge in [0, 0.05) is 0 Å². The summed E-state index contributed by atoms with van der Waals surface area (Å²) in [6.45, 7) is 13.1. The van der Waals surface area contributed by atoms with Crippen molar-refractivity contribution in [1.29, 1.82) is 0 Å². The Morgan fingerprint density at radius 1 is 0.952 bits per heavy atom. The molecule has 0 aromatic rings. The van der Waals surface area contributed by atoms with E-state index < -0.39 is 0 Å². The van der Waals surface area contributed by atoms with Gasteiger partial charge in [0.05, 0.1) is 6.10 Å². The minimum atomic E-state index is -0.153. The maximum absolute atomic E-state index is 9.69. The van der Waals surface area contributed by atoms with Gasteiger partial charge in [-0.1, -0.05) is 13.8 Å². The van der Waals surface area contributed by atoms with E-state index in [-0.39, 0.29) is 27.2 Å². The zero-order valence-corrected chi connectivity index (χ0v) is 14.4. The molecule has 0 amide bonds. The summed E-state index contributed by atoms with van der Waals surface area (Å²) >= 11 is 0. The van der Waals surface area contributed by atoms with Crippen LogP contribution in [0.25, 0.3) is 0 Å². The summed E-state index contributed by atoms with van der Waals surface area (Å²) in [6, 6.07) is 0. The van der Waals surface area contributed by atoms with Gasteiger partial charge in [0.1, 0.15) is 0 Å². The molecule has 2 aliphatic rings. The molecule has 2 fully saturated rings. The molecule has 0 aromatic carbocycles. The Labute approximate surface area is 145 Å². The van der Waals surface area contributed by atoms with Crippen molar-refractivity contribution < 1.29 is 35.5 Å². The molecule has 0 heterocycles. The van der Waals surface area contributed by atoms with E-state index in [0.29, 0.717) is 11.8 Å². The minimum Gasteiger partial charge on any atom is -0.0312 e. The van der Waals surface area contributed by atoms with Crippen molar-refractivity contribution in [2.24, 2.45) is 11.8 Å². The number of aliphatic hydroxyl groups is 1. The number of hydrogen-bond donors (Lipinski definition) is 1. The third kappa shape index (κ3) is 14.8. The Morgan fingerprint density at radius 2 is 1.38 bits per heavy atom. The van der Waals surface area contributed by atoms with Crippen LogP contribution in [0.3, 0.4) is 0 Å². The van der Waals surface area contributed by atoms with Crippen LogP contribution in [0.15, 0.2) is 0 Å². The van der Waals surface area contributed by atoms with Gasteiger partial charge in [0.2, 0.25) is 0 Å². The second-order valence-electron chi connectivity index (χ2n) is 4.56. The van der Waals surface area contributed by atoms with Gasteiger partial charge in [-0.25, -0.2) is 0 Å². The van der Waals surface area contributed by atoms with E-state index in [9.17, 15) is 5.11 Å². The molecular weight excluding hydrogens is 348 g/mol. The predicted molar refractivity (Wildman–Crippen MR) is 75.8 cm³/mol. The second kappa shape index (κ2) is 20.1. The first-order valence-corrected chi connectivity index (χ1v) is 6.47. The molecule has 0 spiro atoms. The van der Waals surface area contributed by atoms with Gasteiger partial charge in [0.15, 0.2) is 0 Å². The quantitative estimate of drug-likeness (QED) is 0.454. The van der Waals surface area contributed by atoms with Crippen molar-refractivity contribution in [2.45, 2.75) is 32.8 Å². The molecule has 0 bridgehead atoms. The summed E-state index contributed by atoms with van der Waals surface area (Å²) in [4.78, 5) is 0. The van der Waals surface area contributed by atoms with Crippen LogP contribution in [-0.4, -0.2) is 11.2 Å². The average Bonchev–Trinajstić information content (AvgIpc) is 3.11. The summed E-state index contributed by atoms with van der Waals surface area (Å²) in [5.74, 6) is 0.766. The van der Waals surface area contributed by atoms with Gasteiger partial charge in [-0.2, -0.15) is 0 Å². The summed E-state index contributed by atoms with van der Waals surface area (Å²) in [7, 11) is 0. The molecule has 3 nitrogen and oxygen atoms in total. The summed E-state index contributed by atoms with van der Waals surface area (Å²) in [5, 5.41) is 9.69. The van der Waals surface area contributed by atoms with E-state index in [4.69, 9.17) is 9.30 Å². The third-order valence-electron chi connectivity index (χ3n) is 2.84. The maximum Gasteiger partial charge on any atom is 2.00 e. The van der Waals surface area contributed by atoms with E-state index in [2.05, 4.69) is 46.4 Å². The SMILES string of the molecule is CC(C)[C@H](O)[C@@H]1[CH][CH][CH]CC1.[C-]#[O+].[C-]#[O+].[CH]1[CH][CH][CH][CH]1.[Mo+2]. The molecule has 0 aromatic heterocycles. The van der Waals surface area contributed by atoms with Crippen LogP contribution in [0.4, 0.5) is 0 Å². The normalized spacial score (nSPS) is 18.5. The van der Waals surface area contributed by atoms with E-state index in [1.807, 2.05) is 32.1 Å². The van der Waals surface area contributed by atoms with Gasteiger partial charge in [0.25, 0.3) is 0 Å². The third-order valence-corrected chi connectivity index (χ3v) is 2.84. The summed E-state index contributed by atoms with van der Waals surface area (Å²) in [5.41, 5.74) is 0. The predicted octanol–water partition coefficient (Wildman–Crippen LogP) is 2.97. The Morgan fingerprint density at radius 3 is 1.67 bits per heavy atom. The van der Waals surface area contributed by atoms with Crippen LogP contribution in [0.1, 0.15) is 26.7 Å². The Balaban J connectivity index is -0.000000273. The molecule has 2 rings (SSSR count). The monoisotopic (exact) mass is 372 g/mol. The van der Waals surface area contributed by atoms with Gasteiger partial charge < -0.3 is 5.11 Å². The number of hydrogen-bond acceptors (Lipinski definition) is 1. The van der Waals surface area contributed by atoms with Gasteiger partial charge in [-0.05, 0) is 76.0 Å². The van der Waals surface area contributed by atoms with Crippen molar-refractivity contribution in [2.75, 3.05) is 0 Å². The van der Waals surface area contributed by atoms with Crippen LogP contribution in [0, 0.1) is 76.5 Å². The molecule has 4 heteroatoms. The standard InChI is InChI=1S/C10H17O.C5H5.2CO.Mo/c1-8(2)10(11)9-6-4-3-5-7-9;1-2-4-5-3-1;2*1-2;/h3-4,6,8-11H,5,7H2,1-2H3;1-5H;;;/q;;;;+2/t9-,10+;;;;/m1..../s1. The van der Waals surface area contributed by atoms with Crippen molar-refractivity contribution in [3.8, 4) is 0 Å². The fourth-order valence-electron chi connectivity index (χ4n) is 1.80. The zero-order valence-electron chi connectivity index (χ0n) is 12.4. The second-order valence-corrected chi connectivity index (χ2v) is 4.56. The van der Waals surface area contributed by atoms with E-state index in [0.717, 1.165) is 12.8 Å². The Hall–Kier alpha value is 0.128. The topological polar surface area (TPSA) is 60.0 Å². The molecule has 2 atom stereocenters. The van der Waals surface area contributed by atoms with Crippen molar-refractivity contribution in [3.63, 3.8) is 0 Å². The van der Waals surface area contributed by atoms with Crippen molar-refractivity contribution >= 4 is 0 Å². The molecule has 2 aliphatic carbocycles. The molecular formula is C17H22MoO3+2. The molecule has 21 heavy (non-hydrogen) atoms. The zero-order chi connectivity index (χ0) is 15.8. The van der Waals surface area contributed by atoms with Gasteiger partial charge >= 0.3 is 43.7 Å². The first kappa shape index (κ1) is 26.0. The fraction of sp³-hybridized carbons (Fsp3) is 0.412. The van der Waals surface area contributed by atoms with Crippen LogP contribution < -0.4 is 0 Å². The average molecular weight is 370 g/mol. The van der Waals surface area contributed by atoms with Crippen LogP contribution >= 0.6 is 0 Å². The van der Waals surface area contributed by atoms with E-state index >= 15 is 0 Å². The maximum atomic E-state index is 9.69. The largest absolute Gasteiger partial charge is 2.00 e. The molecule has 0 aliphatic heterocycles. The minimum absolute atomic E-state index is 0.